The number of aryl methyl sites for hydroxylation is 2. The fourth-order valence-corrected chi connectivity index (χ4v) is 3.43. The van der Waals surface area contributed by atoms with Crippen LogP contribution in [0.2, 0.25) is 0 Å². The predicted molar refractivity (Wildman–Crippen MR) is 115 cm³/mol. The molecular formula is C23H24N4O2. The molecule has 1 heterocycles. The Morgan fingerprint density at radius 1 is 0.931 bits per heavy atom. The zero-order chi connectivity index (χ0) is 20.2. The lowest BCUT2D eigenvalue weighted by atomic mass is 9.95. The molecule has 0 bridgehead atoms. The zero-order valence-corrected chi connectivity index (χ0v) is 16.7. The zero-order valence-electron chi connectivity index (χ0n) is 16.7. The van der Waals surface area contributed by atoms with Gasteiger partial charge in [-0.3, -0.25) is 4.79 Å². The number of fused-ring (bicyclic) bond motifs is 1. The van der Waals surface area contributed by atoms with E-state index in [-0.39, 0.29) is 5.78 Å². The van der Waals surface area contributed by atoms with Crippen LogP contribution in [0.3, 0.4) is 0 Å². The Labute approximate surface area is 170 Å². The summed E-state index contributed by atoms with van der Waals surface area (Å²) in [7, 11) is 1.63. The van der Waals surface area contributed by atoms with Crippen molar-refractivity contribution in [2.45, 2.75) is 32.6 Å². The van der Waals surface area contributed by atoms with Crippen LogP contribution in [0.1, 0.15) is 41.4 Å². The molecule has 148 valence electrons. The average molecular weight is 388 g/mol. The van der Waals surface area contributed by atoms with Gasteiger partial charge in [0, 0.05) is 17.8 Å². The van der Waals surface area contributed by atoms with Gasteiger partial charge in [-0.05, 0) is 61.2 Å². The maximum Gasteiger partial charge on any atom is 0.229 e. The van der Waals surface area contributed by atoms with Gasteiger partial charge in [-0.1, -0.05) is 19.1 Å². The second-order valence-corrected chi connectivity index (χ2v) is 7.02. The van der Waals surface area contributed by atoms with Crippen molar-refractivity contribution in [3.05, 3.63) is 65.4 Å². The van der Waals surface area contributed by atoms with E-state index in [4.69, 9.17) is 4.74 Å². The number of carbonyl (C=O) groups is 1. The number of nitrogens with one attached hydrogen (secondary N) is 2. The van der Waals surface area contributed by atoms with Crippen molar-refractivity contribution in [2.75, 3.05) is 17.7 Å². The van der Waals surface area contributed by atoms with E-state index in [1.807, 2.05) is 36.4 Å². The molecule has 6 heteroatoms. The number of aromatic nitrogens is 2. The Morgan fingerprint density at radius 3 is 2.31 bits per heavy atom. The first kappa shape index (κ1) is 18.9. The van der Waals surface area contributed by atoms with Crippen LogP contribution in [0, 0.1) is 0 Å². The Hall–Kier alpha value is -3.41. The number of ether oxygens (including phenoxy) is 1. The summed E-state index contributed by atoms with van der Waals surface area (Å²) in [6.45, 7) is 2.13. The van der Waals surface area contributed by atoms with Crippen LogP contribution in [0.4, 0.5) is 23.1 Å². The molecule has 0 saturated carbocycles. The largest absolute Gasteiger partial charge is 0.497 e. The molecular weight excluding hydrogens is 364 g/mol. The van der Waals surface area contributed by atoms with Gasteiger partial charge in [0.15, 0.2) is 5.78 Å². The highest BCUT2D eigenvalue weighted by atomic mass is 16.5. The number of nitrogens with zero attached hydrogens (tertiary/aromatic N) is 2. The highest BCUT2D eigenvalue weighted by Gasteiger charge is 2.24. The number of hydrogen-bond acceptors (Lipinski definition) is 6. The first-order valence-corrected chi connectivity index (χ1v) is 9.87. The third kappa shape index (κ3) is 4.21. The molecule has 1 aromatic heterocycles. The number of Topliss-reactive ketones (excluding diaryl/α,β-unsaturated/α-hetero) is 1. The molecule has 0 atom stereocenters. The quantitative estimate of drug-likeness (QED) is 0.615. The van der Waals surface area contributed by atoms with E-state index in [1.54, 1.807) is 7.11 Å². The molecule has 0 unspecified atom stereocenters. The van der Waals surface area contributed by atoms with Gasteiger partial charge in [-0.15, -0.1) is 0 Å². The summed E-state index contributed by atoms with van der Waals surface area (Å²) in [6.07, 6.45) is 3.10. The first-order chi connectivity index (χ1) is 14.2. The minimum atomic E-state index is 0.0844. The van der Waals surface area contributed by atoms with Gasteiger partial charge in [-0.25, -0.2) is 4.98 Å². The standard InChI is InChI=1S/C23H24N4O2/c1-3-15-7-9-17(10-8-15)25-23-26-19-5-4-6-20(28)21(19)22(27-23)24-16-11-13-18(29-2)14-12-16/h7-14H,3-6H2,1-2H3,(H2,24,25,26,27). The summed E-state index contributed by atoms with van der Waals surface area (Å²) in [5.74, 6) is 1.88. The molecule has 4 rings (SSSR count). The van der Waals surface area contributed by atoms with Crippen molar-refractivity contribution in [3.8, 4) is 5.75 Å². The lowest BCUT2D eigenvalue weighted by Crippen LogP contribution is -2.17. The Bertz CT molecular complexity index is 1010. The SMILES string of the molecule is CCc1ccc(Nc2nc3c(c(Nc4ccc(OC)cc4)n2)C(=O)CCC3)cc1. The molecule has 1 aliphatic rings. The van der Waals surface area contributed by atoms with E-state index in [0.29, 0.717) is 23.8 Å². The third-order valence-electron chi connectivity index (χ3n) is 5.05. The summed E-state index contributed by atoms with van der Waals surface area (Å²) in [4.78, 5) is 21.8. The number of ketones is 1. The Kier molecular flexibility index (Phi) is 5.42. The first-order valence-electron chi connectivity index (χ1n) is 9.87. The van der Waals surface area contributed by atoms with Crippen LogP contribution in [-0.4, -0.2) is 22.9 Å². The van der Waals surface area contributed by atoms with E-state index in [1.165, 1.54) is 5.56 Å². The summed E-state index contributed by atoms with van der Waals surface area (Å²) < 4.78 is 5.21. The molecule has 1 aliphatic carbocycles. The summed E-state index contributed by atoms with van der Waals surface area (Å²) >= 11 is 0. The molecule has 2 aromatic carbocycles. The minimum absolute atomic E-state index is 0.0844. The van der Waals surface area contributed by atoms with Crippen molar-refractivity contribution in [1.29, 1.82) is 0 Å². The molecule has 6 nitrogen and oxygen atoms in total. The Balaban J connectivity index is 1.67. The fraction of sp³-hybridized carbons (Fsp3) is 0.261. The highest BCUT2D eigenvalue weighted by molar-refractivity contribution is 6.03. The summed E-state index contributed by atoms with van der Waals surface area (Å²) in [5.41, 5.74) is 4.41. The summed E-state index contributed by atoms with van der Waals surface area (Å²) in [6, 6.07) is 15.7. The minimum Gasteiger partial charge on any atom is -0.497 e. The van der Waals surface area contributed by atoms with Crippen LogP contribution in [0.25, 0.3) is 0 Å². The second kappa shape index (κ2) is 8.31. The predicted octanol–water partition coefficient (Wildman–Crippen LogP) is 5.05. The molecule has 3 aromatic rings. The topological polar surface area (TPSA) is 76.1 Å². The number of hydrogen-bond donors (Lipinski definition) is 2. The van der Waals surface area contributed by atoms with E-state index >= 15 is 0 Å². The third-order valence-corrected chi connectivity index (χ3v) is 5.05. The molecule has 0 aliphatic heterocycles. The molecule has 2 N–H and O–H groups in total. The molecule has 29 heavy (non-hydrogen) atoms. The summed E-state index contributed by atoms with van der Waals surface area (Å²) in [5, 5.41) is 6.56. The van der Waals surface area contributed by atoms with Crippen LogP contribution in [0.15, 0.2) is 48.5 Å². The molecule has 0 radical (unpaired) electrons. The maximum atomic E-state index is 12.6. The van der Waals surface area contributed by atoms with Gasteiger partial charge < -0.3 is 15.4 Å². The van der Waals surface area contributed by atoms with Crippen molar-refractivity contribution >= 4 is 28.9 Å². The van der Waals surface area contributed by atoms with Gasteiger partial charge in [0.1, 0.15) is 11.6 Å². The Morgan fingerprint density at radius 2 is 1.62 bits per heavy atom. The van der Waals surface area contributed by atoms with Crippen molar-refractivity contribution in [1.82, 2.24) is 9.97 Å². The van der Waals surface area contributed by atoms with Gasteiger partial charge in [0.2, 0.25) is 5.95 Å². The van der Waals surface area contributed by atoms with Crippen molar-refractivity contribution in [3.63, 3.8) is 0 Å². The van der Waals surface area contributed by atoms with E-state index in [2.05, 4.69) is 39.7 Å². The number of carbonyl (C=O) groups excluding carboxylic acids is 1. The van der Waals surface area contributed by atoms with E-state index in [9.17, 15) is 4.79 Å². The van der Waals surface area contributed by atoms with Crippen LogP contribution >= 0.6 is 0 Å². The number of anilines is 4. The lowest BCUT2D eigenvalue weighted by Gasteiger charge is -2.19. The number of rotatable bonds is 6. The van der Waals surface area contributed by atoms with E-state index < -0.39 is 0 Å². The number of benzene rings is 2. The monoisotopic (exact) mass is 388 g/mol. The van der Waals surface area contributed by atoms with Gasteiger partial charge in [0.05, 0.1) is 18.4 Å². The van der Waals surface area contributed by atoms with Crippen LogP contribution < -0.4 is 15.4 Å². The lowest BCUT2D eigenvalue weighted by molar-refractivity contribution is 0.0972. The van der Waals surface area contributed by atoms with E-state index in [0.717, 1.165) is 42.1 Å². The number of methoxy groups -OCH3 is 1. The highest BCUT2D eigenvalue weighted by Crippen LogP contribution is 2.30. The molecule has 0 spiro atoms. The second-order valence-electron chi connectivity index (χ2n) is 7.02. The maximum absolute atomic E-state index is 12.6. The van der Waals surface area contributed by atoms with Crippen LogP contribution in [-0.2, 0) is 12.8 Å². The van der Waals surface area contributed by atoms with Gasteiger partial charge >= 0.3 is 0 Å². The van der Waals surface area contributed by atoms with Crippen LogP contribution in [0.5, 0.6) is 5.75 Å². The fourth-order valence-electron chi connectivity index (χ4n) is 3.43. The van der Waals surface area contributed by atoms with Gasteiger partial charge in [0.25, 0.3) is 0 Å². The molecule has 0 amide bonds. The smallest absolute Gasteiger partial charge is 0.229 e. The molecule has 0 fully saturated rings. The van der Waals surface area contributed by atoms with Gasteiger partial charge in [-0.2, -0.15) is 4.98 Å². The van der Waals surface area contributed by atoms with Crippen molar-refractivity contribution in [2.24, 2.45) is 0 Å². The normalized spacial score (nSPS) is 13.0. The average Bonchev–Trinajstić information content (AvgIpc) is 2.75. The van der Waals surface area contributed by atoms with Crippen molar-refractivity contribution < 1.29 is 9.53 Å². The molecule has 0 saturated heterocycles.